The summed E-state index contributed by atoms with van der Waals surface area (Å²) in [6.07, 6.45) is -0.302. The minimum atomic E-state index is -0.527. The van der Waals surface area contributed by atoms with Gasteiger partial charge in [-0.1, -0.05) is 6.92 Å². The Hall–Kier alpha value is -0.610. The second kappa shape index (κ2) is 4.07. The third-order valence-electron chi connectivity index (χ3n) is 2.74. The van der Waals surface area contributed by atoms with E-state index in [4.69, 9.17) is 5.11 Å². The monoisotopic (exact) mass is 187 g/mol. The van der Waals surface area contributed by atoms with Crippen LogP contribution in [-0.4, -0.2) is 46.3 Å². The van der Waals surface area contributed by atoms with Crippen molar-refractivity contribution in [3.8, 4) is 0 Å². The number of carbonyl (C=O) groups excluding carboxylic acids is 1. The van der Waals surface area contributed by atoms with Crippen LogP contribution in [0, 0.1) is 5.92 Å². The van der Waals surface area contributed by atoms with E-state index in [9.17, 15) is 9.90 Å². The Morgan fingerprint density at radius 3 is 2.62 bits per heavy atom. The number of amides is 1. The van der Waals surface area contributed by atoms with Gasteiger partial charge in [0.05, 0.1) is 12.5 Å². The van der Waals surface area contributed by atoms with Gasteiger partial charge in [-0.2, -0.15) is 0 Å². The third kappa shape index (κ3) is 2.19. The fourth-order valence-corrected chi connectivity index (χ4v) is 1.57. The zero-order chi connectivity index (χ0) is 10.0. The predicted molar refractivity (Wildman–Crippen MR) is 48.0 cm³/mol. The van der Waals surface area contributed by atoms with E-state index >= 15 is 0 Å². The first-order valence-corrected chi connectivity index (χ1v) is 4.64. The van der Waals surface area contributed by atoms with Crippen LogP contribution in [-0.2, 0) is 4.79 Å². The summed E-state index contributed by atoms with van der Waals surface area (Å²) in [6.45, 7) is 4.27. The summed E-state index contributed by atoms with van der Waals surface area (Å²) in [5.41, 5.74) is 0. The second-order valence-corrected chi connectivity index (χ2v) is 3.80. The SMILES string of the molecule is CC(CO)C(C)N1CC(O)CC1=O. The Balaban J connectivity index is 2.56. The van der Waals surface area contributed by atoms with E-state index in [0.717, 1.165) is 0 Å². The molecule has 1 aliphatic heterocycles. The van der Waals surface area contributed by atoms with Crippen LogP contribution in [0.25, 0.3) is 0 Å². The maximum atomic E-state index is 11.3. The van der Waals surface area contributed by atoms with Gasteiger partial charge in [0, 0.05) is 19.2 Å². The predicted octanol–water partition coefficient (Wildman–Crippen LogP) is -0.404. The van der Waals surface area contributed by atoms with Crippen LogP contribution in [0.5, 0.6) is 0 Å². The standard InChI is InChI=1S/C9H17NO3/c1-6(5-11)7(2)10-4-8(12)3-9(10)13/h6-8,11-12H,3-5H2,1-2H3. The van der Waals surface area contributed by atoms with Crippen molar-refractivity contribution in [1.29, 1.82) is 0 Å². The van der Waals surface area contributed by atoms with Gasteiger partial charge in [0.2, 0.25) is 5.91 Å². The number of hydrogen-bond acceptors (Lipinski definition) is 3. The number of β-amino-alcohol motifs (C(OH)–C–C–N with tert-alkyl or cyclic N) is 1. The second-order valence-electron chi connectivity index (χ2n) is 3.80. The Kier molecular flexibility index (Phi) is 3.27. The molecule has 1 amide bonds. The number of nitrogens with zero attached hydrogens (tertiary/aromatic N) is 1. The van der Waals surface area contributed by atoms with Crippen molar-refractivity contribution >= 4 is 5.91 Å². The van der Waals surface area contributed by atoms with Crippen LogP contribution in [0.4, 0.5) is 0 Å². The number of aliphatic hydroxyl groups is 2. The van der Waals surface area contributed by atoms with Gasteiger partial charge < -0.3 is 15.1 Å². The first-order valence-electron chi connectivity index (χ1n) is 4.64. The average molecular weight is 187 g/mol. The summed E-state index contributed by atoms with van der Waals surface area (Å²) < 4.78 is 0. The Bertz CT molecular complexity index is 195. The summed E-state index contributed by atoms with van der Waals surface area (Å²) in [4.78, 5) is 13.0. The normalized spacial score (nSPS) is 27.8. The van der Waals surface area contributed by atoms with Crippen LogP contribution in [0.1, 0.15) is 20.3 Å². The van der Waals surface area contributed by atoms with E-state index in [1.807, 2.05) is 13.8 Å². The van der Waals surface area contributed by atoms with Crippen LogP contribution < -0.4 is 0 Å². The number of aliphatic hydroxyl groups excluding tert-OH is 2. The zero-order valence-corrected chi connectivity index (χ0v) is 8.10. The minimum Gasteiger partial charge on any atom is -0.396 e. The molecular weight excluding hydrogens is 170 g/mol. The molecule has 4 nitrogen and oxygen atoms in total. The molecule has 1 aliphatic rings. The topological polar surface area (TPSA) is 60.8 Å². The molecule has 3 unspecified atom stereocenters. The van der Waals surface area contributed by atoms with Gasteiger partial charge in [-0.25, -0.2) is 0 Å². The van der Waals surface area contributed by atoms with Crippen molar-refractivity contribution in [2.24, 2.45) is 5.92 Å². The summed E-state index contributed by atoms with van der Waals surface area (Å²) in [7, 11) is 0. The van der Waals surface area contributed by atoms with Gasteiger partial charge in [0.15, 0.2) is 0 Å². The van der Waals surface area contributed by atoms with E-state index in [-0.39, 0.29) is 30.9 Å². The maximum Gasteiger partial charge on any atom is 0.225 e. The minimum absolute atomic E-state index is 0.00894. The van der Waals surface area contributed by atoms with Gasteiger partial charge in [-0.05, 0) is 12.8 Å². The summed E-state index contributed by atoms with van der Waals surface area (Å²) in [5, 5.41) is 18.2. The molecule has 0 aromatic heterocycles. The molecule has 76 valence electrons. The first-order chi connectivity index (χ1) is 6.06. The number of rotatable bonds is 3. The highest BCUT2D eigenvalue weighted by Crippen LogP contribution is 2.18. The summed E-state index contributed by atoms with van der Waals surface area (Å²) in [6, 6.07) is 0.00894. The van der Waals surface area contributed by atoms with Gasteiger partial charge in [0.25, 0.3) is 0 Å². The number of likely N-dealkylation sites (tertiary alicyclic amines) is 1. The zero-order valence-electron chi connectivity index (χ0n) is 8.10. The van der Waals surface area contributed by atoms with E-state index in [1.54, 1.807) is 4.90 Å². The lowest BCUT2D eigenvalue weighted by atomic mass is 10.0. The highest BCUT2D eigenvalue weighted by Gasteiger charge is 2.33. The quantitative estimate of drug-likeness (QED) is 0.632. The molecule has 1 saturated heterocycles. The molecule has 0 saturated carbocycles. The molecule has 4 heteroatoms. The van der Waals surface area contributed by atoms with Gasteiger partial charge in [0.1, 0.15) is 0 Å². The fourth-order valence-electron chi connectivity index (χ4n) is 1.57. The molecule has 0 aromatic rings. The van der Waals surface area contributed by atoms with Crippen LogP contribution in [0.2, 0.25) is 0 Å². The lowest BCUT2D eigenvalue weighted by molar-refractivity contribution is -0.130. The molecule has 1 heterocycles. The number of hydrogen-bond donors (Lipinski definition) is 2. The van der Waals surface area contributed by atoms with E-state index in [2.05, 4.69) is 0 Å². The molecule has 0 aromatic carbocycles. The van der Waals surface area contributed by atoms with Crippen molar-refractivity contribution in [3.63, 3.8) is 0 Å². The van der Waals surface area contributed by atoms with Crippen molar-refractivity contribution in [3.05, 3.63) is 0 Å². The van der Waals surface area contributed by atoms with E-state index in [0.29, 0.717) is 6.54 Å². The van der Waals surface area contributed by atoms with Gasteiger partial charge >= 0.3 is 0 Å². The van der Waals surface area contributed by atoms with Crippen molar-refractivity contribution in [1.82, 2.24) is 4.90 Å². The molecule has 2 N–H and O–H groups in total. The summed E-state index contributed by atoms with van der Waals surface area (Å²) >= 11 is 0. The molecule has 0 aliphatic carbocycles. The third-order valence-corrected chi connectivity index (χ3v) is 2.74. The maximum absolute atomic E-state index is 11.3. The molecule has 0 spiro atoms. The molecule has 1 rings (SSSR count). The van der Waals surface area contributed by atoms with Crippen molar-refractivity contribution in [2.45, 2.75) is 32.4 Å². The lowest BCUT2D eigenvalue weighted by Gasteiger charge is -2.28. The van der Waals surface area contributed by atoms with Crippen LogP contribution in [0.15, 0.2) is 0 Å². The van der Waals surface area contributed by atoms with Crippen LogP contribution >= 0.6 is 0 Å². The van der Waals surface area contributed by atoms with E-state index in [1.165, 1.54) is 0 Å². The average Bonchev–Trinajstić information content (AvgIpc) is 2.42. The Labute approximate surface area is 78.2 Å². The largest absolute Gasteiger partial charge is 0.396 e. The molecule has 0 bridgehead atoms. The molecular formula is C9H17NO3. The van der Waals surface area contributed by atoms with Crippen molar-refractivity contribution < 1.29 is 15.0 Å². The van der Waals surface area contributed by atoms with E-state index < -0.39 is 6.10 Å². The highest BCUT2D eigenvalue weighted by molar-refractivity contribution is 5.79. The van der Waals surface area contributed by atoms with Gasteiger partial charge in [-0.15, -0.1) is 0 Å². The van der Waals surface area contributed by atoms with Crippen LogP contribution in [0.3, 0.4) is 0 Å². The smallest absolute Gasteiger partial charge is 0.225 e. The highest BCUT2D eigenvalue weighted by atomic mass is 16.3. The fraction of sp³-hybridized carbons (Fsp3) is 0.889. The Morgan fingerprint density at radius 1 is 1.62 bits per heavy atom. The molecule has 13 heavy (non-hydrogen) atoms. The lowest BCUT2D eigenvalue weighted by Crippen LogP contribution is -2.40. The molecule has 0 radical (unpaired) electrons. The van der Waals surface area contributed by atoms with Crippen molar-refractivity contribution in [2.75, 3.05) is 13.2 Å². The van der Waals surface area contributed by atoms with Gasteiger partial charge in [-0.3, -0.25) is 4.79 Å². The summed E-state index contributed by atoms with van der Waals surface area (Å²) in [5.74, 6) is 0.0505. The number of carbonyl (C=O) groups is 1. The Morgan fingerprint density at radius 2 is 2.23 bits per heavy atom. The molecule has 1 fully saturated rings. The molecule has 3 atom stereocenters. The first kappa shape index (κ1) is 10.5.